The van der Waals surface area contributed by atoms with Crippen molar-refractivity contribution in [2.24, 2.45) is 0 Å². The van der Waals surface area contributed by atoms with Crippen molar-refractivity contribution in [2.45, 2.75) is 18.4 Å². The van der Waals surface area contributed by atoms with Gasteiger partial charge in [0.1, 0.15) is 22.9 Å². The standard InChI is InChI=1S/C21H24N4O7S2/c1-13-17-19(33-18(13)21(28)32-10-9-31-4)22-12-25(20(17)27)11-16(26)23-14-5-7-15(8-6-14)34(29,30)24(2)3/h5-8,12H,9-11H2,1-4H3,(H,23,26). The molecule has 0 aliphatic carbocycles. The van der Waals surface area contributed by atoms with Crippen molar-refractivity contribution in [3.63, 3.8) is 0 Å². The van der Waals surface area contributed by atoms with E-state index in [0.717, 1.165) is 20.2 Å². The highest BCUT2D eigenvalue weighted by Gasteiger charge is 2.21. The molecule has 0 aliphatic rings. The van der Waals surface area contributed by atoms with E-state index in [1.54, 1.807) is 6.92 Å². The van der Waals surface area contributed by atoms with Crippen molar-refractivity contribution in [1.82, 2.24) is 13.9 Å². The quantitative estimate of drug-likeness (QED) is 0.339. The van der Waals surface area contributed by atoms with Crippen LogP contribution in [0.25, 0.3) is 10.2 Å². The maximum atomic E-state index is 13.0. The fourth-order valence-corrected chi connectivity index (χ4v) is 4.96. The number of ether oxygens (including phenoxy) is 2. The highest BCUT2D eigenvalue weighted by Crippen LogP contribution is 2.27. The normalized spacial score (nSPS) is 11.7. The number of aryl methyl sites for hydroxylation is 1. The Hall–Kier alpha value is -3.13. The van der Waals surface area contributed by atoms with Crippen molar-refractivity contribution < 1.29 is 27.5 Å². The number of rotatable bonds is 9. The van der Waals surface area contributed by atoms with Gasteiger partial charge in [-0.3, -0.25) is 14.2 Å². The fraction of sp³-hybridized carbons (Fsp3) is 0.333. The number of esters is 1. The van der Waals surface area contributed by atoms with E-state index >= 15 is 0 Å². The molecule has 0 fully saturated rings. The maximum absolute atomic E-state index is 13.0. The summed E-state index contributed by atoms with van der Waals surface area (Å²) in [6.07, 6.45) is 1.24. The van der Waals surface area contributed by atoms with Gasteiger partial charge in [0, 0.05) is 26.9 Å². The molecular weight excluding hydrogens is 484 g/mol. The van der Waals surface area contributed by atoms with Crippen LogP contribution >= 0.6 is 11.3 Å². The van der Waals surface area contributed by atoms with Crippen LogP contribution in [0.1, 0.15) is 15.2 Å². The second-order valence-electron chi connectivity index (χ2n) is 7.40. The van der Waals surface area contributed by atoms with E-state index in [-0.39, 0.29) is 34.9 Å². The highest BCUT2D eigenvalue weighted by atomic mass is 32.2. The molecule has 0 bridgehead atoms. The lowest BCUT2D eigenvalue weighted by Crippen LogP contribution is -2.28. The Morgan fingerprint density at radius 2 is 1.85 bits per heavy atom. The third-order valence-corrected chi connectivity index (χ3v) is 7.86. The Morgan fingerprint density at radius 3 is 2.47 bits per heavy atom. The zero-order valence-corrected chi connectivity index (χ0v) is 20.7. The fourth-order valence-electron chi connectivity index (χ4n) is 3.03. The van der Waals surface area contributed by atoms with Crippen LogP contribution in [-0.4, -0.2) is 68.6 Å². The first-order valence-corrected chi connectivity index (χ1v) is 12.3. The maximum Gasteiger partial charge on any atom is 0.348 e. The van der Waals surface area contributed by atoms with Crippen molar-refractivity contribution in [1.29, 1.82) is 0 Å². The summed E-state index contributed by atoms with van der Waals surface area (Å²) in [6.45, 7) is 1.65. The second-order valence-corrected chi connectivity index (χ2v) is 10.6. The lowest BCUT2D eigenvalue weighted by Gasteiger charge is -2.12. The molecule has 0 saturated heterocycles. The van der Waals surface area contributed by atoms with Gasteiger partial charge in [-0.15, -0.1) is 11.3 Å². The molecule has 34 heavy (non-hydrogen) atoms. The van der Waals surface area contributed by atoms with E-state index in [4.69, 9.17) is 9.47 Å². The second kappa shape index (κ2) is 10.4. The molecule has 0 aliphatic heterocycles. The molecule has 2 heterocycles. The molecule has 3 aromatic rings. The van der Waals surface area contributed by atoms with E-state index in [9.17, 15) is 22.8 Å². The van der Waals surface area contributed by atoms with Crippen LogP contribution in [0.3, 0.4) is 0 Å². The molecule has 0 atom stereocenters. The first kappa shape index (κ1) is 25.5. The average Bonchev–Trinajstić information content (AvgIpc) is 3.13. The van der Waals surface area contributed by atoms with E-state index in [2.05, 4.69) is 10.3 Å². The number of benzene rings is 1. The van der Waals surface area contributed by atoms with Crippen molar-refractivity contribution in [3.05, 3.63) is 51.4 Å². The zero-order valence-electron chi connectivity index (χ0n) is 19.0. The number of hydrogen-bond donors (Lipinski definition) is 1. The minimum atomic E-state index is -3.58. The molecule has 0 saturated carbocycles. The lowest BCUT2D eigenvalue weighted by molar-refractivity contribution is -0.116. The van der Waals surface area contributed by atoms with Crippen LogP contribution in [0, 0.1) is 6.92 Å². The number of thiophene rings is 1. The molecule has 13 heteroatoms. The summed E-state index contributed by atoms with van der Waals surface area (Å²) < 4.78 is 36.5. The molecule has 1 aromatic carbocycles. The van der Waals surface area contributed by atoms with E-state index < -0.39 is 27.5 Å². The number of fused-ring (bicyclic) bond motifs is 1. The third-order valence-electron chi connectivity index (χ3n) is 4.85. The molecule has 1 N–H and O–H groups in total. The smallest absolute Gasteiger partial charge is 0.348 e. The zero-order chi connectivity index (χ0) is 25.0. The molecule has 1 amide bonds. The Morgan fingerprint density at radius 1 is 1.18 bits per heavy atom. The van der Waals surface area contributed by atoms with Crippen molar-refractivity contribution in [3.8, 4) is 0 Å². The summed E-state index contributed by atoms with van der Waals surface area (Å²) in [7, 11) is 0.762. The Labute approximate surface area is 200 Å². The molecule has 182 valence electrons. The van der Waals surface area contributed by atoms with Crippen LogP contribution in [0.5, 0.6) is 0 Å². The lowest BCUT2D eigenvalue weighted by atomic mass is 10.2. The van der Waals surface area contributed by atoms with Gasteiger partial charge in [0.05, 0.1) is 23.2 Å². The van der Waals surface area contributed by atoms with Gasteiger partial charge in [-0.2, -0.15) is 0 Å². The van der Waals surface area contributed by atoms with Gasteiger partial charge < -0.3 is 14.8 Å². The summed E-state index contributed by atoms with van der Waals surface area (Å²) in [6, 6.07) is 5.69. The number of nitrogens with zero attached hydrogens (tertiary/aromatic N) is 3. The molecule has 0 unspecified atom stereocenters. The number of hydrogen-bond acceptors (Lipinski definition) is 9. The third kappa shape index (κ3) is 5.33. The first-order valence-electron chi connectivity index (χ1n) is 10.0. The Kier molecular flexibility index (Phi) is 7.82. The number of sulfonamides is 1. The van der Waals surface area contributed by atoms with Gasteiger partial charge in [0.15, 0.2) is 0 Å². The van der Waals surface area contributed by atoms with Crippen LogP contribution in [0.2, 0.25) is 0 Å². The van der Waals surface area contributed by atoms with Crippen molar-refractivity contribution >= 4 is 49.1 Å². The molecule has 2 aromatic heterocycles. The predicted octanol–water partition coefficient (Wildman–Crippen LogP) is 1.46. The minimum absolute atomic E-state index is 0.0862. The topological polar surface area (TPSA) is 137 Å². The van der Waals surface area contributed by atoms with Crippen LogP contribution in [-0.2, 0) is 30.8 Å². The van der Waals surface area contributed by atoms with E-state index in [1.807, 2.05) is 0 Å². The predicted molar refractivity (Wildman–Crippen MR) is 127 cm³/mol. The van der Waals surface area contributed by atoms with Crippen LogP contribution in [0.15, 0.2) is 40.3 Å². The number of amides is 1. The molecule has 0 radical (unpaired) electrons. The minimum Gasteiger partial charge on any atom is -0.459 e. The van der Waals surface area contributed by atoms with Gasteiger partial charge in [0.2, 0.25) is 15.9 Å². The van der Waals surface area contributed by atoms with Gasteiger partial charge in [-0.25, -0.2) is 22.5 Å². The highest BCUT2D eigenvalue weighted by molar-refractivity contribution is 7.89. The Bertz CT molecular complexity index is 1380. The molecule has 11 nitrogen and oxygen atoms in total. The van der Waals surface area contributed by atoms with Gasteiger partial charge in [-0.05, 0) is 36.8 Å². The number of methoxy groups -OCH3 is 1. The van der Waals surface area contributed by atoms with E-state index in [1.165, 1.54) is 51.8 Å². The van der Waals surface area contributed by atoms with Gasteiger partial charge in [-0.1, -0.05) is 0 Å². The monoisotopic (exact) mass is 508 g/mol. The van der Waals surface area contributed by atoms with Crippen molar-refractivity contribution in [2.75, 3.05) is 39.7 Å². The summed E-state index contributed by atoms with van der Waals surface area (Å²) in [5, 5.41) is 2.87. The number of nitrogens with one attached hydrogen (secondary N) is 1. The van der Waals surface area contributed by atoms with Crippen LogP contribution in [0.4, 0.5) is 5.69 Å². The summed E-state index contributed by atoms with van der Waals surface area (Å²) in [5.74, 6) is -1.07. The largest absolute Gasteiger partial charge is 0.459 e. The van der Waals surface area contributed by atoms with E-state index in [0.29, 0.717) is 16.1 Å². The molecule has 3 rings (SSSR count). The summed E-state index contributed by atoms with van der Waals surface area (Å²) >= 11 is 1.05. The average molecular weight is 509 g/mol. The number of aromatic nitrogens is 2. The Balaban J connectivity index is 1.76. The van der Waals surface area contributed by atoms with Crippen LogP contribution < -0.4 is 10.9 Å². The summed E-state index contributed by atoms with van der Waals surface area (Å²) in [5.41, 5.74) is 0.349. The first-order chi connectivity index (χ1) is 16.1. The number of anilines is 1. The summed E-state index contributed by atoms with van der Waals surface area (Å²) in [4.78, 5) is 42.7. The SMILES string of the molecule is COCCOC(=O)c1sc2ncn(CC(=O)Nc3ccc(S(=O)(=O)N(C)C)cc3)c(=O)c2c1C. The molecular formula is C21H24N4O7S2. The number of carbonyl (C=O) groups excluding carboxylic acids is 2. The number of carbonyl (C=O) groups is 2. The molecule has 0 spiro atoms. The van der Waals surface area contributed by atoms with Gasteiger partial charge >= 0.3 is 5.97 Å². The van der Waals surface area contributed by atoms with Gasteiger partial charge in [0.25, 0.3) is 5.56 Å².